The molecule has 3 aromatic carbocycles. The molecule has 7 heteroatoms. The molecular weight excluding hydrogens is 490 g/mol. The number of nitrogens with zero attached hydrogens (tertiary/aromatic N) is 1. The third kappa shape index (κ3) is 5.48. The van der Waals surface area contributed by atoms with Gasteiger partial charge in [0.1, 0.15) is 0 Å². The lowest BCUT2D eigenvalue weighted by Crippen LogP contribution is -2.41. The molecule has 1 unspecified atom stereocenters. The van der Waals surface area contributed by atoms with Crippen molar-refractivity contribution in [1.82, 2.24) is 5.32 Å². The third-order valence-corrected chi connectivity index (χ3v) is 7.37. The maximum absolute atomic E-state index is 13.9. The van der Waals surface area contributed by atoms with Gasteiger partial charge < -0.3 is 25.0 Å². The van der Waals surface area contributed by atoms with Gasteiger partial charge in [-0.15, -0.1) is 0 Å². The van der Waals surface area contributed by atoms with Gasteiger partial charge in [0.25, 0.3) is 0 Å². The number of hydrogen-bond acceptors (Lipinski definition) is 6. The number of ketones is 1. The van der Waals surface area contributed by atoms with Crippen LogP contribution in [0.5, 0.6) is 11.5 Å². The first kappa shape index (κ1) is 26.4. The van der Waals surface area contributed by atoms with Crippen molar-refractivity contribution in [3.05, 3.63) is 95.2 Å². The second kappa shape index (κ2) is 10.8. The summed E-state index contributed by atoms with van der Waals surface area (Å²) < 4.78 is 11.1. The molecule has 0 radical (unpaired) electrons. The molecule has 2 N–H and O–H groups in total. The Hall–Kier alpha value is -4.26. The summed E-state index contributed by atoms with van der Waals surface area (Å²) in [5.74, 6) is 1.12. The van der Waals surface area contributed by atoms with Crippen molar-refractivity contribution < 1.29 is 19.1 Å². The van der Waals surface area contributed by atoms with Crippen LogP contribution in [0.25, 0.3) is 0 Å². The largest absolute Gasteiger partial charge is 0.493 e. The van der Waals surface area contributed by atoms with Crippen LogP contribution in [-0.4, -0.2) is 32.5 Å². The number of carbonyl (C=O) groups excluding carboxylic acids is 2. The molecule has 2 aliphatic rings. The Kier molecular flexibility index (Phi) is 7.33. The zero-order valence-electron chi connectivity index (χ0n) is 22.9. The Bertz CT molecular complexity index is 1410. The Balaban J connectivity index is 1.62. The summed E-state index contributed by atoms with van der Waals surface area (Å²) in [6.45, 7) is 4.73. The maximum Gasteiger partial charge on any atom is 0.239 e. The van der Waals surface area contributed by atoms with Crippen LogP contribution in [0.15, 0.2) is 84.1 Å². The van der Waals surface area contributed by atoms with Crippen LogP contribution < -0.4 is 25.0 Å². The third-order valence-electron chi connectivity index (χ3n) is 7.37. The zero-order valence-corrected chi connectivity index (χ0v) is 22.9. The van der Waals surface area contributed by atoms with Crippen molar-refractivity contribution in [3.63, 3.8) is 0 Å². The summed E-state index contributed by atoms with van der Waals surface area (Å²) in [7, 11) is 3.19. The van der Waals surface area contributed by atoms with Gasteiger partial charge in [0.15, 0.2) is 17.3 Å². The topological polar surface area (TPSA) is 79.9 Å². The molecule has 1 atom stereocenters. The zero-order chi connectivity index (χ0) is 27.6. The van der Waals surface area contributed by atoms with E-state index >= 15 is 0 Å². The summed E-state index contributed by atoms with van der Waals surface area (Å²) in [4.78, 5) is 29.3. The van der Waals surface area contributed by atoms with E-state index in [1.165, 1.54) is 0 Å². The highest BCUT2D eigenvalue weighted by Gasteiger charge is 2.42. The predicted molar refractivity (Wildman–Crippen MR) is 153 cm³/mol. The van der Waals surface area contributed by atoms with Gasteiger partial charge in [0.2, 0.25) is 5.91 Å². The maximum atomic E-state index is 13.9. The van der Waals surface area contributed by atoms with Gasteiger partial charge in [-0.3, -0.25) is 9.59 Å². The summed E-state index contributed by atoms with van der Waals surface area (Å²) in [6.07, 6.45) is 1.15. The average molecular weight is 526 g/mol. The second-order valence-corrected chi connectivity index (χ2v) is 10.9. The number of nitrogens with one attached hydrogen (secondary N) is 2. The number of Topliss-reactive ketones (excluding diaryl/α,β-unsaturated/α-hetero) is 1. The monoisotopic (exact) mass is 525 g/mol. The second-order valence-electron chi connectivity index (χ2n) is 10.9. The molecule has 7 nitrogen and oxygen atoms in total. The molecule has 0 fully saturated rings. The predicted octanol–water partition coefficient (Wildman–Crippen LogP) is 5.64. The number of rotatable bonds is 7. The minimum atomic E-state index is -0.498. The smallest absolute Gasteiger partial charge is 0.239 e. The van der Waals surface area contributed by atoms with E-state index in [9.17, 15) is 9.59 Å². The molecule has 0 saturated heterocycles. The van der Waals surface area contributed by atoms with Crippen molar-refractivity contribution in [2.24, 2.45) is 5.41 Å². The number of methoxy groups -OCH3 is 2. The number of anilines is 2. The van der Waals surface area contributed by atoms with Gasteiger partial charge >= 0.3 is 0 Å². The van der Waals surface area contributed by atoms with Gasteiger partial charge in [-0.05, 0) is 47.2 Å². The fourth-order valence-electron chi connectivity index (χ4n) is 5.60. The number of amides is 1. The van der Waals surface area contributed by atoms with Crippen LogP contribution in [0.2, 0.25) is 0 Å². The average Bonchev–Trinajstić information content (AvgIpc) is 3.06. The molecule has 1 aliphatic heterocycles. The molecule has 0 bridgehead atoms. The molecule has 0 aromatic heterocycles. The van der Waals surface area contributed by atoms with Gasteiger partial charge in [0.05, 0.1) is 38.2 Å². The number of benzene rings is 3. The Morgan fingerprint density at radius 2 is 1.69 bits per heavy atom. The van der Waals surface area contributed by atoms with E-state index in [0.29, 0.717) is 30.0 Å². The van der Waals surface area contributed by atoms with Crippen LogP contribution in [0.1, 0.15) is 43.9 Å². The number of ether oxygens (including phenoxy) is 2. The highest BCUT2D eigenvalue weighted by Crippen LogP contribution is 2.49. The van der Waals surface area contributed by atoms with E-state index in [-0.39, 0.29) is 23.7 Å². The SMILES string of the molecule is COc1ccc(C2C3=C(CC(C)(C)CC3=O)Nc3ccccc3N2CC(=O)NCc2ccccc2)cc1OC. The van der Waals surface area contributed by atoms with Crippen LogP contribution in [-0.2, 0) is 16.1 Å². The first-order chi connectivity index (χ1) is 18.8. The lowest BCUT2D eigenvalue weighted by atomic mass is 9.73. The van der Waals surface area contributed by atoms with Crippen molar-refractivity contribution in [2.45, 2.75) is 39.3 Å². The molecule has 5 rings (SSSR count). The van der Waals surface area contributed by atoms with Crippen LogP contribution in [0.3, 0.4) is 0 Å². The molecule has 1 aliphatic carbocycles. The first-order valence-corrected chi connectivity index (χ1v) is 13.2. The molecule has 1 heterocycles. The minimum absolute atomic E-state index is 0.0675. The molecule has 0 saturated carbocycles. The van der Waals surface area contributed by atoms with Crippen molar-refractivity contribution in [3.8, 4) is 11.5 Å². The lowest BCUT2D eigenvalue weighted by Gasteiger charge is -2.38. The van der Waals surface area contributed by atoms with Crippen molar-refractivity contribution in [1.29, 1.82) is 0 Å². The van der Waals surface area contributed by atoms with E-state index in [1.807, 2.05) is 77.7 Å². The molecule has 202 valence electrons. The molecule has 3 aromatic rings. The molecular formula is C32H35N3O4. The van der Waals surface area contributed by atoms with Crippen LogP contribution in [0, 0.1) is 5.41 Å². The molecule has 0 spiro atoms. The Morgan fingerprint density at radius 1 is 0.974 bits per heavy atom. The van der Waals surface area contributed by atoms with Gasteiger partial charge in [-0.25, -0.2) is 0 Å². The molecule has 39 heavy (non-hydrogen) atoms. The van der Waals surface area contributed by atoms with E-state index in [4.69, 9.17) is 9.47 Å². The van der Waals surface area contributed by atoms with E-state index in [2.05, 4.69) is 24.5 Å². The van der Waals surface area contributed by atoms with Gasteiger partial charge in [0, 0.05) is 24.2 Å². The molecule has 1 amide bonds. The number of para-hydroxylation sites is 2. The quantitative estimate of drug-likeness (QED) is 0.416. The van der Waals surface area contributed by atoms with Crippen LogP contribution in [0.4, 0.5) is 11.4 Å². The number of fused-ring (bicyclic) bond motifs is 1. The highest BCUT2D eigenvalue weighted by atomic mass is 16.5. The van der Waals surface area contributed by atoms with E-state index < -0.39 is 6.04 Å². The van der Waals surface area contributed by atoms with Gasteiger partial charge in [-0.1, -0.05) is 62.4 Å². The first-order valence-electron chi connectivity index (χ1n) is 13.2. The van der Waals surface area contributed by atoms with E-state index in [0.717, 1.165) is 34.6 Å². The summed E-state index contributed by atoms with van der Waals surface area (Å²) >= 11 is 0. The van der Waals surface area contributed by atoms with Gasteiger partial charge in [-0.2, -0.15) is 0 Å². The normalized spacial score (nSPS) is 17.9. The van der Waals surface area contributed by atoms with Crippen molar-refractivity contribution in [2.75, 3.05) is 31.0 Å². The Labute approximate surface area is 229 Å². The highest BCUT2D eigenvalue weighted by molar-refractivity contribution is 6.02. The Morgan fingerprint density at radius 3 is 2.44 bits per heavy atom. The summed E-state index contributed by atoms with van der Waals surface area (Å²) in [5, 5.41) is 6.65. The minimum Gasteiger partial charge on any atom is -0.493 e. The van der Waals surface area contributed by atoms with Crippen molar-refractivity contribution >= 4 is 23.1 Å². The fourth-order valence-corrected chi connectivity index (χ4v) is 5.60. The van der Waals surface area contributed by atoms with Crippen LogP contribution >= 0.6 is 0 Å². The number of carbonyl (C=O) groups is 2. The summed E-state index contributed by atoms with van der Waals surface area (Å²) in [6, 6.07) is 22.9. The fraction of sp³-hybridized carbons (Fsp3) is 0.312. The number of hydrogen-bond donors (Lipinski definition) is 2. The van der Waals surface area contributed by atoms with E-state index in [1.54, 1.807) is 14.2 Å². The standard InChI is InChI=1S/C32H35N3O4/c1-32(2)17-24-30(26(36)18-32)31(22-14-15-27(38-3)28(16-22)39-4)35(25-13-9-8-12-23(25)34-24)20-29(37)33-19-21-10-6-5-7-11-21/h5-16,31,34H,17-20H2,1-4H3,(H,33,37). The number of allylic oxidation sites excluding steroid dienone is 1. The lowest BCUT2D eigenvalue weighted by molar-refractivity contribution is -0.120. The summed E-state index contributed by atoms with van der Waals surface area (Å²) in [5.41, 5.74) is 5.01.